The van der Waals surface area contributed by atoms with E-state index in [1.54, 1.807) is 7.11 Å². The number of methoxy groups -OCH3 is 1. The maximum Gasteiger partial charge on any atom is 0.0716 e. The van der Waals surface area contributed by atoms with Crippen molar-refractivity contribution < 1.29 is 4.74 Å². The Bertz CT molecular complexity index is 427. The molecule has 2 rings (SSSR count). The highest BCUT2D eigenvalue weighted by Crippen LogP contribution is 2.38. The summed E-state index contributed by atoms with van der Waals surface area (Å²) in [7, 11) is 1.76. The fourth-order valence-corrected chi connectivity index (χ4v) is 3.52. The number of ether oxygens (including phenoxy) is 1. The summed E-state index contributed by atoms with van der Waals surface area (Å²) in [6.07, 6.45) is 3.94. The minimum Gasteiger partial charge on any atom is -0.380 e. The van der Waals surface area contributed by atoms with Crippen molar-refractivity contribution in [1.82, 2.24) is 5.32 Å². The van der Waals surface area contributed by atoms with Crippen LogP contribution in [-0.2, 0) is 17.9 Å². The van der Waals surface area contributed by atoms with Gasteiger partial charge in [-0.25, -0.2) is 0 Å². The van der Waals surface area contributed by atoms with Crippen LogP contribution in [0.15, 0.2) is 24.3 Å². The Hall–Kier alpha value is -0.860. The standard InChI is InChI=1S/C18H29NO/c1-14-11-18(2,3)10-9-17(14)19-12-15-7-5-6-8-16(15)13-20-4/h5-8,14,17,19H,9-13H2,1-4H3. The summed E-state index contributed by atoms with van der Waals surface area (Å²) < 4.78 is 5.28. The first-order chi connectivity index (χ1) is 9.52. The van der Waals surface area contributed by atoms with Gasteiger partial charge in [-0.2, -0.15) is 0 Å². The molecule has 1 saturated carbocycles. The zero-order chi connectivity index (χ0) is 14.6. The molecule has 1 aliphatic carbocycles. The lowest BCUT2D eigenvalue weighted by atomic mass is 9.70. The Kier molecular flexibility index (Phi) is 5.22. The third-order valence-electron chi connectivity index (χ3n) is 4.67. The van der Waals surface area contributed by atoms with Gasteiger partial charge in [0.25, 0.3) is 0 Å². The first-order valence-electron chi connectivity index (χ1n) is 7.81. The van der Waals surface area contributed by atoms with Crippen LogP contribution < -0.4 is 5.32 Å². The van der Waals surface area contributed by atoms with Crippen LogP contribution in [0.2, 0.25) is 0 Å². The Morgan fingerprint density at radius 2 is 1.95 bits per heavy atom. The van der Waals surface area contributed by atoms with Crippen LogP contribution in [0.3, 0.4) is 0 Å². The molecular formula is C18H29NO. The lowest BCUT2D eigenvalue weighted by Gasteiger charge is -2.39. The van der Waals surface area contributed by atoms with Gasteiger partial charge in [-0.05, 0) is 41.7 Å². The summed E-state index contributed by atoms with van der Waals surface area (Å²) in [4.78, 5) is 0. The van der Waals surface area contributed by atoms with E-state index >= 15 is 0 Å². The average molecular weight is 275 g/mol. The van der Waals surface area contributed by atoms with E-state index in [9.17, 15) is 0 Å². The van der Waals surface area contributed by atoms with E-state index in [1.165, 1.54) is 30.4 Å². The van der Waals surface area contributed by atoms with E-state index in [2.05, 4.69) is 50.4 Å². The second-order valence-electron chi connectivity index (χ2n) is 7.07. The van der Waals surface area contributed by atoms with Crippen LogP contribution in [0, 0.1) is 11.3 Å². The Labute approximate surface area is 123 Å². The first kappa shape index (κ1) is 15.5. The molecule has 0 bridgehead atoms. The summed E-state index contributed by atoms with van der Waals surface area (Å²) in [5.74, 6) is 0.758. The maximum atomic E-state index is 5.28. The van der Waals surface area contributed by atoms with Gasteiger partial charge in [-0.3, -0.25) is 0 Å². The minimum atomic E-state index is 0.519. The summed E-state index contributed by atoms with van der Waals surface area (Å²) in [5, 5.41) is 3.77. The van der Waals surface area contributed by atoms with Gasteiger partial charge >= 0.3 is 0 Å². The van der Waals surface area contributed by atoms with Crippen LogP contribution in [0.5, 0.6) is 0 Å². The summed E-state index contributed by atoms with van der Waals surface area (Å²) in [6.45, 7) is 8.83. The molecule has 2 atom stereocenters. The monoisotopic (exact) mass is 275 g/mol. The van der Waals surface area contributed by atoms with E-state index < -0.39 is 0 Å². The van der Waals surface area contributed by atoms with Crippen LogP contribution in [0.4, 0.5) is 0 Å². The SMILES string of the molecule is COCc1ccccc1CNC1CCC(C)(C)CC1C. The zero-order valence-corrected chi connectivity index (χ0v) is 13.4. The van der Waals surface area contributed by atoms with Crippen molar-refractivity contribution in [2.45, 2.75) is 59.2 Å². The van der Waals surface area contributed by atoms with Crippen molar-refractivity contribution in [3.63, 3.8) is 0 Å². The third-order valence-corrected chi connectivity index (χ3v) is 4.67. The van der Waals surface area contributed by atoms with E-state index in [-0.39, 0.29) is 0 Å². The topological polar surface area (TPSA) is 21.3 Å². The van der Waals surface area contributed by atoms with Gasteiger partial charge in [0.1, 0.15) is 0 Å². The molecule has 112 valence electrons. The lowest BCUT2D eigenvalue weighted by Crippen LogP contribution is -2.41. The van der Waals surface area contributed by atoms with Gasteiger partial charge in [-0.1, -0.05) is 45.0 Å². The minimum absolute atomic E-state index is 0.519. The molecule has 1 aliphatic rings. The average Bonchev–Trinajstić information content (AvgIpc) is 2.39. The maximum absolute atomic E-state index is 5.28. The van der Waals surface area contributed by atoms with Gasteiger partial charge < -0.3 is 10.1 Å². The van der Waals surface area contributed by atoms with E-state index in [1.807, 2.05) is 0 Å². The molecule has 0 spiro atoms. The highest BCUT2D eigenvalue weighted by molar-refractivity contribution is 5.26. The summed E-state index contributed by atoms with van der Waals surface area (Å²) in [5.41, 5.74) is 3.18. The van der Waals surface area contributed by atoms with E-state index in [0.717, 1.165) is 12.5 Å². The number of hydrogen-bond acceptors (Lipinski definition) is 2. The van der Waals surface area contributed by atoms with Gasteiger partial charge in [0.15, 0.2) is 0 Å². The van der Waals surface area contributed by atoms with Crippen molar-refractivity contribution in [1.29, 1.82) is 0 Å². The molecule has 1 aromatic rings. The molecule has 0 aromatic heterocycles. The van der Waals surface area contributed by atoms with Crippen molar-refractivity contribution in [2.75, 3.05) is 7.11 Å². The molecule has 2 heteroatoms. The quantitative estimate of drug-likeness (QED) is 0.872. The van der Waals surface area contributed by atoms with Gasteiger partial charge in [0.2, 0.25) is 0 Å². The van der Waals surface area contributed by atoms with Crippen LogP contribution in [0.25, 0.3) is 0 Å². The second-order valence-corrected chi connectivity index (χ2v) is 7.07. The fourth-order valence-electron chi connectivity index (χ4n) is 3.52. The molecule has 0 amide bonds. The summed E-state index contributed by atoms with van der Waals surface area (Å²) in [6, 6.07) is 9.22. The highest BCUT2D eigenvalue weighted by Gasteiger charge is 2.31. The number of rotatable bonds is 5. The van der Waals surface area contributed by atoms with Gasteiger partial charge in [-0.15, -0.1) is 0 Å². The zero-order valence-electron chi connectivity index (χ0n) is 13.4. The van der Waals surface area contributed by atoms with Gasteiger partial charge in [0, 0.05) is 19.7 Å². The largest absolute Gasteiger partial charge is 0.380 e. The van der Waals surface area contributed by atoms with Crippen molar-refractivity contribution in [2.24, 2.45) is 11.3 Å². The van der Waals surface area contributed by atoms with Crippen LogP contribution in [0.1, 0.15) is 51.2 Å². The van der Waals surface area contributed by atoms with Gasteiger partial charge in [0.05, 0.1) is 6.61 Å². The number of hydrogen-bond donors (Lipinski definition) is 1. The molecule has 1 aromatic carbocycles. The first-order valence-corrected chi connectivity index (χ1v) is 7.81. The van der Waals surface area contributed by atoms with Crippen LogP contribution in [-0.4, -0.2) is 13.2 Å². The predicted octanol–water partition coefficient (Wildman–Crippen LogP) is 4.14. The number of benzene rings is 1. The predicted molar refractivity (Wildman–Crippen MR) is 84.6 cm³/mol. The molecule has 2 nitrogen and oxygen atoms in total. The van der Waals surface area contributed by atoms with E-state index in [4.69, 9.17) is 4.74 Å². The second kappa shape index (κ2) is 6.73. The third kappa shape index (κ3) is 4.07. The molecular weight excluding hydrogens is 246 g/mol. The van der Waals surface area contributed by atoms with E-state index in [0.29, 0.717) is 18.1 Å². The fraction of sp³-hybridized carbons (Fsp3) is 0.667. The Morgan fingerprint density at radius 1 is 1.25 bits per heavy atom. The van der Waals surface area contributed by atoms with Crippen molar-refractivity contribution in [3.8, 4) is 0 Å². The summed E-state index contributed by atoms with van der Waals surface area (Å²) >= 11 is 0. The number of nitrogens with one attached hydrogen (secondary N) is 1. The normalized spacial score (nSPS) is 25.6. The van der Waals surface area contributed by atoms with Crippen molar-refractivity contribution >= 4 is 0 Å². The molecule has 1 N–H and O–H groups in total. The highest BCUT2D eigenvalue weighted by atomic mass is 16.5. The van der Waals surface area contributed by atoms with Crippen molar-refractivity contribution in [3.05, 3.63) is 35.4 Å². The molecule has 0 aliphatic heterocycles. The Morgan fingerprint density at radius 3 is 2.60 bits per heavy atom. The molecule has 0 saturated heterocycles. The Balaban J connectivity index is 1.92. The lowest BCUT2D eigenvalue weighted by molar-refractivity contribution is 0.148. The smallest absolute Gasteiger partial charge is 0.0716 e. The molecule has 2 unspecified atom stereocenters. The van der Waals surface area contributed by atoms with Crippen LogP contribution >= 0.6 is 0 Å². The molecule has 20 heavy (non-hydrogen) atoms. The molecule has 0 heterocycles. The molecule has 0 radical (unpaired) electrons. The molecule has 1 fully saturated rings.